The van der Waals surface area contributed by atoms with Crippen LogP contribution in [0.2, 0.25) is 0 Å². The van der Waals surface area contributed by atoms with E-state index < -0.39 is 0 Å². The zero-order valence-electron chi connectivity index (χ0n) is 16.6. The summed E-state index contributed by atoms with van der Waals surface area (Å²) in [4.78, 5) is 11.7. The number of imidazole rings is 1. The van der Waals surface area contributed by atoms with Crippen LogP contribution >= 0.6 is 11.6 Å². The first kappa shape index (κ1) is 19.9. The van der Waals surface area contributed by atoms with Gasteiger partial charge in [-0.05, 0) is 36.8 Å². The second kappa shape index (κ2) is 8.98. The highest BCUT2D eigenvalue weighted by Gasteiger charge is 2.15. The lowest BCUT2D eigenvalue weighted by Crippen LogP contribution is -2.39. The number of nitrogens with one attached hydrogen (secondary N) is 1. The quantitative estimate of drug-likeness (QED) is 0.578. The van der Waals surface area contributed by atoms with Crippen molar-refractivity contribution in [1.29, 1.82) is 0 Å². The summed E-state index contributed by atoms with van der Waals surface area (Å²) in [5.74, 6) is 1.39. The number of anilines is 1. The van der Waals surface area contributed by atoms with Crippen LogP contribution < -0.4 is 5.32 Å². The van der Waals surface area contributed by atoms with Crippen LogP contribution in [0.1, 0.15) is 17.0 Å². The first-order valence-corrected chi connectivity index (χ1v) is 10.4. The van der Waals surface area contributed by atoms with E-state index in [9.17, 15) is 5.11 Å². The number of pyridine rings is 1. The Hall–Kier alpha value is -2.35. The topological polar surface area (TPSA) is 75.4 Å². The van der Waals surface area contributed by atoms with Crippen LogP contribution in [0.15, 0.2) is 30.3 Å². The fraction of sp³-hybridized carbons (Fsp3) is 0.429. The molecule has 3 aromatic rings. The molecule has 0 atom stereocenters. The third-order valence-electron chi connectivity index (χ3n) is 5.18. The van der Waals surface area contributed by atoms with E-state index in [4.69, 9.17) is 21.3 Å². The summed E-state index contributed by atoms with van der Waals surface area (Å²) in [6, 6.07) is 9.52. The Labute approximate surface area is 175 Å². The number of aryl methyl sites for hydroxylation is 1. The molecule has 0 spiro atoms. The number of halogens is 1. The van der Waals surface area contributed by atoms with Crippen molar-refractivity contribution in [1.82, 2.24) is 19.4 Å². The molecule has 0 bridgehead atoms. The predicted octanol–water partition coefficient (Wildman–Crippen LogP) is 2.98. The lowest BCUT2D eigenvalue weighted by molar-refractivity contribution is 0.0398. The zero-order valence-corrected chi connectivity index (χ0v) is 17.3. The summed E-state index contributed by atoms with van der Waals surface area (Å²) in [6.07, 6.45) is 0. The molecule has 4 rings (SSSR count). The normalized spacial score (nSPS) is 15.1. The van der Waals surface area contributed by atoms with Crippen LogP contribution in [0.5, 0.6) is 5.75 Å². The smallest absolute Gasteiger partial charge is 0.204 e. The van der Waals surface area contributed by atoms with Crippen molar-refractivity contribution < 1.29 is 9.84 Å². The number of hydrogen-bond donors (Lipinski definition) is 2. The Bertz CT molecular complexity index is 985. The number of nitrogens with zero attached hydrogens (tertiary/aromatic N) is 4. The van der Waals surface area contributed by atoms with Gasteiger partial charge in [0.05, 0.1) is 30.8 Å². The lowest BCUT2D eigenvalue weighted by Gasteiger charge is -2.26. The number of rotatable bonds is 7. The van der Waals surface area contributed by atoms with Crippen LogP contribution in [-0.2, 0) is 17.2 Å². The Morgan fingerprint density at radius 2 is 2.00 bits per heavy atom. The van der Waals surface area contributed by atoms with E-state index in [2.05, 4.69) is 25.8 Å². The van der Waals surface area contributed by atoms with Crippen molar-refractivity contribution in [2.75, 3.05) is 44.7 Å². The maximum Gasteiger partial charge on any atom is 0.204 e. The van der Waals surface area contributed by atoms with Gasteiger partial charge in [0.2, 0.25) is 5.95 Å². The third-order valence-corrected chi connectivity index (χ3v) is 5.49. The first-order chi connectivity index (χ1) is 14.1. The minimum absolute atomic E-state index is 0.185. The molecule has 29 heavy (non-hydrogen) atoms. The molecule has 0 unspecified atom stereocenters. The largest absolute Gasteiger partial charge is 0.506 e. The average Bonchev–Trinajstić information content (AvgIpc) is 3.08. The van der Waals surface area contributed by atoms with Crippen LogP contribution in [0.4, 0.5) is 5.95 Å². The first-order valence-electron chi connectivity index (χ1n) is 9.88. The number of fused-ring (bicyclic) bond motifs is 1. The summed E-state index contributed by atoms with van der Waals surface area (Å²) in [5.41, 5.74) is 4.38. The minimum Gasteiger partial charge on any atom is -0.506 e. The van der Waals surface area contributed by atoms with Crippen LogP contribution in [0.25, 0.3) is 11.0 Å². The molecule has 0 aliphatic carbocycles. The third kappa shape index (κ3) is 4.63. The van der Waals surface area contributed by atoms with Gasteiger partial charge in [-0.3, -0.25) is 9.88 Å². The summed E-state index contributed by atoms with van der Waals surface area (Å²) in [7, 11) is 0. The molecule has 7 nitrogen and oxygen atoms in total. The average molecular weight is 416 g/mol. The molecular formula is C21H26ClN5O2. The Morgan fingerprint density at radius 3 is 2.79 bits per heavy atom. The summed E-state index contributed by atoms with van der Waals surface area (Å²) < 4.78 is 7.47. The molecule has 1 saturated heterocycles. The molecule has 1 aromatic carbocycles. The second-order valence-corrected chi connectivity index (χ2v) is 7.54. The van der Waals surface area contributed by atoms with Gasteiger partial charge in [0.1, 0.15) is 11.4 Å². The van der Waals surface area contributed by atoms with Gasteiger partial charge in [-0.1, -0.05) is 6.07 Å². The summed E-state index contributed by atoms with van der Waals surface area (Å²) in [6.45, 7) is 7.54. The zero-order chi connectivity index (χ0) is 20.2. The van der Waals surface area contributed by atoms with Crippen molar-refractivity contribution in [2.24, 2.45) is 0 Å². The molecule has 0 amide bonds. The lowest BCUT2D eigenvalue weighted by atomic mass is 10.2. The van der Waals surface area contributed by atoms with Gasteiger partial charge >= 0.3 is 0 Å². The Kier molecular flexibility index (Phi) is 6.18. The summed E-state index contributed by atoms with van der Waals surface area (Å²) >= 11 is 6.05. The number of morpholine rings is 1. The van der Waals surface area contributed by atoms with E-state index in [1.165, 1.54) is 0 Å². The number of ether oxygens (including phenoxy) is 1. The molecule has 0 radical (unpaired) electrons. The number of aromatic hydroxyl groups is 1. The molecule has 1 aliphatic rings. The number of alkyl halides is 1. The fourth-order valence-electron chi connectivity index (χ4n) is 3.57. The van der Waals surface area contributed by atoms with E-state index in [0.717, 1.165) is 67.6 Å². The van der Waals surface area contributed by atoms with Gasteiger partial charge in [0.15, 0.2) is 0 Å². The van der Waals surface area contributed by atoms with E-state index >= 15 is 0 Å². The molecule has 2 N–H and O–H groups in total. The number of aromatic nitrogens is 3. The van der Waals surface area contributed by atoms with Gasteiger partial charge < -0.3 is 19.7 Å². The highest BCUT2D eigenvalue weighted by Crippen LogP contribution is 2.25. The van der Waals surface area contributed by atoms with Crippen molar-refractivity contribution in [3.63, 3.8) is 0 Å². The molecule has 0 saturated carbocycles. The fourth-order valence-corrected chi connectivity index (χ4v) is 3.73. The molecule has 3 heterocycles. The Balaban J connectivity index is 1.61. The standard InChI is InChI=1S/C21H26ClN5O2/c1-15-2-5-20(28)18(24-15)14-27-19-12-16(13-22)3-4-17(19)25-21(27)23-6-7-26-8-10-29-11-9-26/h2-5,12,28H,6-11,13-14H2,1H3,(H,23,25). The number of hydrogen-bond acceptors (Lipinski definition) is 6. The van der Waals surface area contributed by atoms with Crippen molar-refractivity contribution >= 4 is 28.6 Å². The second-order valence-electron chi connectivity index (χ2n) is 7.28. The maximum absolute atomic E-state index is 10.3. The van der Waals surface area contributed by atoms with E-state index in [1.807, 2.05) is 19.1 Å². The van der Waals surface area contributed by atoms with Crippen LogP contribution in [0, 0.1) is 6.92 Å². The maximum atomic E-state index is 10.3. The molecule has 8 heteroatoms. The van der Waals surface area contributed by atoms with E-state index in [-0.39, 0.29) is 5.75 Å². The van der Waals surface area contributed by atoms with Crippen molar-refractivity contribution in [3.8, 4) is 5.75 Å². The number of benzene rings is 1. The van der Waals surface area contributed by atoms with Gasteiger partial charge in [0, 0.05) is 37.8 Å². The molecule has 1 fully saturated rings. The molecule has 2 aromatic heterocycles. The van der Waals surface area contributed by atoms with Crippen LogP contribution in [-0.4, -0.2) is 63.9 Å². The van der Waals surface area contributed by atoms with Gasteiger partial charge in [-0.25, -0.2) is 4.98 Å². The van der Waals surface area contributed by atoms with Crippen molar-refractivity contribution in [3.05, 3.63) is 47.3 Å². The van der Waals surface area contributed by atoms with Crippen molar-refractivity contribution in [2.45, 2.75) is 19.3 Å². The highest BCUT2D eigenvalue weighted by atomic mass is 35.5. The molecule has 154 valence electrons. The monoisotopic (exact) mass is 415 g/mol. The molecule has 1 aliphatic heterocycles. The summed E-state index contributed by atoms with van der Waals surface area (Å²) in [5, 5.41) is 13.8. The van der Waals surface area contributed by atoms with Crippen LogP contribution in [0.3, 0.4) is 0 Å². The molecular weight excluding hydrogens is 390 g/mol. The van der Waals surface area contributed by atoms with E-state index in [1.54, 1.807) is 12.1 Å². The predicted molar refractivity (Wildman–Crippen MR) is 115 cm³/mol. The Morgan fingerprint density at radius 1 is 1.17 bits per heavy atom. The SMILES string of the molecule is Cc1ccc(O)c(Cn2c(NCCN3CCOCC3)nc3ccc(CCl)cc32)n1. The van der Waals surface area contributed by atoms with Gasteiger partial charge in [-0.15, -0.1) is 11.6 Å². The van der Waals surface area contributed by atoms with E-state index in [0.29, 0.717) is 18.1 Å². The van der Waals surface area contributed by atoms with Gasteiger partial charge in [-0.2, -0.15) is 0 Å². The minimum atomic E-state index is 0.185. The highest BCUT2D eigenvalue weighted by molar-refractivity contribution is 6.17. The van der Waals surface area contributed by atoms with Gasteiger partial charge in [0.25, 0.3) is 0 Å².